The average molecular weight is 827 g/mol. The summed E-state index contributed by atoms with van der Waals surface area (Å²) in [7, 11) is 0. The van der Waals surface area contributed by atoms with E-state index in [9.17, 15) is 19.2 Å². The second kappa shape index (κ2) is 13.2. The summed E-state index contributed by atoms with van der Waals surface area (Å²) in [5.74, 6) is -0.150. The van der Waals surface area contributed by atoms with Gasteiger partial charge in [-0.1, -0.05) is 72.8 Å². The van der Waals surface area contributed by atoms with Crippen molar-refractivity contribution in [3.05, 3.63) is 142 Å². The Morgan fingerprint density at radius 2 is 1.05 bits per heavy atom. The van der Waals surface area contributed by atoms with E-state index >= 15 is 0 Å². The molecule has 2 aromatic heterocycles. The zero-order valence-electron chi connectivity index (χ0n) is 35.5. The van der Waals surface area contributed by atoms with Crippen LogP contribution in [0.2, 0.25) is 0 Å². The number of para-hydroxylation sites is 4. The lowest BCUT2D eigenvalue weighted by Crippen LogP contribution is -2.36. The predicted molar refractivity (Wildman–Crippen MR) is 238 cm³/mol. The van der Waals surface area contributed by atoms with Crippen LogP contribution in [0.4, 0.5) is 21.0 Å². The molecular formula is C50H46N6O6. The molecule has 0 saturated carbocycles. The average Bonchev–Trinajstić information content (AvgIpc) is 4.07. The molecule has 12 nitrogen and oxygen atoms in total. The van der Waals surface area contributed by atoms with Crippen LogP contribution < -0.4 is 20.4 Å². The Bertz CT molecular complexity index is 3060. The predicted octanol–water partition coefficient (Wildman–Crippen LogP) is 8.77. The van der Waals surface area contributed by atoms with Gasteiger partial charge in [0, 0.05) is 58.2 Å². The minimum absolute atomic E-state index is 0.0588. The summed E-state index contributed by atoms with van der Waals surface area (Å²) in [6, 6.07) is 31.9. The molecule has 62 heavy (non-hydrogen) atoms. The number of carbonyl (C=O) groups is 4. The van der Waals surface area contributed by atoms with E-state index in [0.717, 1.165) is 79.8 Å². The van der Waals surface area contributed by atoms with Crippen LogP contribution in [-0.2, 0) is 31.9 Å². The van der Waals surface area contributed by atoms with Crippen molar-refractivity contribution in [1.82, 2.24) is 19.8 Å². The van der Waals surface area contributed by atoms with E-state index < -0.39 is 17.3 Å². The van der Waals surface area contributed by atoms with Crippen molar-refractivity contribution in [1.29, 1.82) is 0 Å². The first kappa shape index (κ1) is 37.9. The summed E-state index contributed by atoms with van der Waals surface area (Å²) >= 11 is 0. The Hall–Kier alpha value is -7.08. The van der Waals surface area contributed by atoms with E-state index in [0.29, 0.717) is 24.4 Å². The number of rotatable bonds is 0. The lowest BCUT2D eigenvalue weighted by Gasteiger charge is -2.34. The quantitative estimate of drug-likeness (QED) is 0.156. The van der Waals surface area contributed by atoms with Crippen LogP contribution in [-0.4, -0.2) is 57.4 Å². The topological polar surface area (TPSA) is 127 Å². The van der Waals surface area contributed by atoms with E-state index in [1.165, 1.54) is 11.1 Å². The number of fused-ring (bicyclic) bond motifs is 18. The highest BCUT2D eigenvalue weighted by Gasteiger charge is 2.49. The lowest BCUT2D eigenvalue weighted by molar-refractivity contribution is -0.117. The van der Waals surface area contributed by atoms with Gasteiger partial charge in [0.15, 0.2) is 0 Å². The van der Waals surface area contributed by atoms with Gasteiger partial charge in [-0.25, -0.2) is 18.7 Å². The molecule has 0 saturated heterocycles. The molecule has 0 fully saturated rings. The normalized spacial score (nSPS) is 19.1. The molecule has 6 aliphatic rings. The Morgan fingerprint density at radius 1 is 0.581 bits per heavy atom. The fraction of sp³-hybridized carbons (Fsp3) is 0.280. The molecule has 2 N–H and O–H groups in total. The summed E-state index contributed by atoms with van der Waals surface area (Å²) in [6.07, 6.45) is 0.699. The number of aromatic nitrogens is 2. The molecule has 6 aromatic rings. The number of nitrogens with one attached hydrogen (secondary N) is 2. The third kappa shape index (κ3) is 5.51. The molecule has 0 aliphatic carbocycles. The monoisotopic (exact) mass is 826 g/mol. The number of amides is 2. The SMILES string of the molecule is CC(C)(C)OC(=O)n1c2c(c3ccccc31)C1=C(C(=O)NC1)N1c3ccccc3CC21.CC(C)(C)OC(=O)n1c2c(c3ccccc31)C1=C(CNC1=O)N1c3ccccc3CC21. The molecule has 312 valence electrons. The van der Waals surface area contributed by atoms with Gasteiger partial charge in [-0.3, -0.25) is 9.59 Å². The van der Waals surface area contributed by atoms with Crippen molar-refractivity contribution in [2.75, 3.05) is 22.9 Å². The standard InChI is InChI=1S/2C25H23N3O3/c1-25(2,3)31-24(30)28-18-11-7-5-9-15(18)20-16-13-26-23(29)21(16)27-17-10-6-4-8-14(17)12-19(27)22(20)28;1-25(2,3)31-24(30)28-17-11-7-5-9-15(17)20-21-19(13-26-23(21)29)27-16-10-6-4-8-14(16)12-18(27)22(20)28/h4-11,19H,12-13H2,1-3H3,(H,26,29);4-11,18H,12-13H2,1-3H3,(H,26,29). The number of nitrogens with zero attached hydrogens (tertiary/aromatic N) is 4. The summed E-state index contributed by atoms with van der Waals surface area (Å²) in [6.45, 7) is 12.2. The maximum absolute atomic E-state index is 13.4. The molecular weight excluding hydrogens is 781 g/mol. The highest BCUT2D eigenvalue weighted by molar-refractivity contribution is 6.28. The lowest BCUT2D eigenvalue weighted by atomic mass is 9.92. The zero-order valence-corrected chi connectivity index (χ0v) is 35.5. The Kier molecular flexibility index (Phi) is 8.07. The number of hydrogen-bond donors (Lipinski definition) is 2. The van der Waals surface area contributed by atoms with E-state index in [4.69, 9.17) is 9.47 Å². The van der Waals surface area contributed by atoms with Crippen LogP contribution in [0.25, 0.3) is 33.0 Å². The Morgan fingerprint density at radius 3 is 1.63 bits per heavy atom. The van der Waals surface area contributed by atoms with E-state index in [-0.39, 0.29) is 30.0 Å². The summed E-state index contributed by atoms with van der Waals surface area (Å²) in [5, 5.41) is 7.90. The van der Waals surface area contributed by atoms with Crippen molar-refractivity contribution < 1.29 is 28.7 Å². The molecule has 0 radical (unpaired) electrons. The second-order valence-electron chi connectivity index (χ2n) is 18.6. The van der Waals surface area contributed by atoms with Gasteiger partial charge in [-0.05, 0) is 76.9 Å². The van der Waals surface area contributed by atoms with E-state index in [2.05, 4.69) is 44.7 Å². The smallest absolute Gasteiger partial charge is 0.419 e. The molecule has 2 unspecified atom stereocenters. The second-order valence-corrected chi connectivity index (χ2v) is 18.6. The fourth-order valence-corrected chi connectivity index (χ4v) is 10.4. The third-order valence-corrected chi connectivity index (χ3v) is 12.5. The van der Waals surface area contributed by atoms with Crippen molar-refractivity contribution in [2.45, 2.75) is 77.7 Å². The van der Waals surface area contributed by atoms with Crippen molar-refractivity contribution in [3.63, 3.8) is 0 Å². The van der Waals surface area contributed by atoms with Crippen LogP contribution >= 0.6 is 0 Å². The molecule has 0 spiro atoms. The van der Waals surface area contributed by atoms with Gasteiger partial charge in [0.25, 0.3) is 11.8 Å². The van der Waals surface area contributed by atoms with Gasteiger partial charge in [-0.15, -0.1) is 0 Å². The molecule has 2 atom stereocenters. The molecule has 12 heteroatoms. The number of hydrogen-bond acceptors (Lipinski definition) is 8. The van der Waals surface area contributed by atoms with Crippen LogP contribution in [0, 0.1) is 0 Å². The van der Waals surface area contributed by atoms with E-state index in [1.807, 2.05) is 114 Å². The molecule has 4 aromatic carbocycles. The number of ether oxygens (including phenoxy) is 2. The summed E-state index contributed by atoms with van der Waals surface area (Å²) in [5.41, 5.74) is 11.8. The number of benzene rings is 4. The van der Waals surface area contributed by atoms with Gasteiger partial charge in [0.2, 0.25) is 0 Å². The van der Waals surface area contributed by atoms with Crippen molar-refractivity contribution >= 4 is 68.3 Å². The molecule has 6 aliphatic heterocycles. The molecule has 8 heterocycles. The van der Waals surface area contributed by atoms with Crippen LogP contribution in [0.5, 0.6) is 0 Å². The van der Waals surface area contributed by atoms with Gasteiger partial charge < -0.3 is 29.9 Å². The minimum atomic E-state index is -0.627. The zero-order chi connectivity index (χ0) is 43.0. The van der Waals surface area contributed by atoms with Gasteiger partial charge in [0.05, 0.1) is 52.3 Å². The molecule has 0 bridgehead atoms. The van der Waals surface area contributed by atoms with Gasteiger partial charge in [-0.2, -0.15) is 0 Å². The number of anilines is 2. The van der Waals surface area contributed by atoms with E-state index in [1.54, 1.807) is 9.13 Å². The first-order chi connectivity index (χ1) is 29.7. The summed E-state index contributed by atoms with van der Waals surface area (Å²) < 4.78 is 15.0. The largest absolute Gasteiger partial charge is 0.443 e. The summed E-state index contributed by atoms with van der Waals surface area (Å²) in [4.78, 5) is 57.2. The maximum atomic E-state index is 13.4. The van der Waals surface area contributed by atoms with Gasteiger partial charge in [0.1, 0.15) is 16.9 Å². The highest BCUT2D eigenvalue weighted by Crippen LogP contribution is 2.54. The van der Waals surface area contributed by atoms with Gasteiger partial charge >= 0.3 is 12.2 Å². The number of carbonyl (C=O) groups excluding carboxylic acids is 4. The van der Waals surface area contributed by atoms with Crippen molar-refractivity contribution in [3.8, 4) is 0 Å². The van der Waals surface area contributed by atoms with Crippen LogP contribution in [0.3, 0.4) is 0 Å². The van der Waals surface area contributed by atoms with Crippen LogP contribution in [0.15, 0.2) is 108 Å². The fourth-order valence-electron chi connectivity index (χ4n) is 10.4. The first-order valence-corrected chi connectivity index (χ1v) is 21.2. The van der Waals surface area contributed by atoms with Crippen molar-refractivity contribution in [2.24, 2.45) is 0 Å². The highest BCUT2D eigenvalue weighted by atomic mass is 16.6. The minimum Gasteiger partial charge on any atom is -0.443 e. The Balaban J connectivity index is 0.000000139. The molecule has 2 amide bonds. The molecule has 12 rings (SSSR count). The van der Waals surface area contributed by atoms with Crippen LogP contribution in [0.1, 0.15) is 87.3 Å². The third-order valence-electron chi connectivity index (χ3n) is 12.5. The maximum Gasteiger partial charge on any atom is 0.419 e. The Labute approximate surface area is 358 Å². The first-order valence-electron chi connectivity index (χ1n) is 21.2.